The van der Waals surface area contributed by atoms with Crippen LogP contribution in [0.3, 0.4) is 0 Å². The minimum atomic E-state index is 0.774. The van der Waals surface area contributed by atoms with E-state index in [1.807, 2.05) is 49.4 Å². The van der Waals surface area contributed by atoms with Crippen molar-refractivity contribution in [2.45, 2.75) is 6.92 Å². The zero-order chi connectivity index (χ0) is 10.4. The summed E-state index contributed by atoms with van der Waals surface area (Å²) in [6.07, 6.45) is 5.56. The molecule has 1 heteroatoms. The Morgan fingerprint density at radius 2 is 1.93 bits per heavy atom. The lowest BCUT2D eigenvalue weighted by Gasteiger charge is -2.06. The Morgan fingerprint density at radius 3 is 2.43 bits per heavy atom. The molecule has 0 aliphatic carbocycles. The Labute approximate surface area is 85.3 Å². The van der Waals surface area contributed by atoms with E-state index in [1.54, 1.807) is 6.08 Å². The fraction of sp³-hybridized carbons (Fsp3) is 0.0769. The van der Waals surface area contributed by atoms with Gasteiger partial charge in [-0.05, 0) is 12.5 Å². The van der Waals surface area contributed by atoms with E-state index in [1.165, 1.54) is 0 Å². The summed E-state index contributed by atoms with van der Waals surface area (Å²) in [5.41, 5.74) is 8.79. The van der Waals surface area contributed by atoms with Gasteiger partial charge >= 0.3 is 0 Å². The topological polar surface area (TPSA) is 26.0 Å². The van der Waals surface area contributed by atoms with E-state index in [4.69, 9.17) is 5.73 Å². The minimum Gasteiger partial charge on any atom is -0.398 e. The third-order valence-electron chi connectivity index (χ3n) is 1.99. The van der Waals surface area contributed by atoms with Gasteiger partial charge in [-0.15, -0.1) is 0 Å². The fourth-order valence-electron chi connectivity index (χ4n) is 1.25. The minimum absolute atomic E-state index is 0.774. The standard InChI is InChI=1S/C13H15N/c1-3-8-12(13(14)4-2)11-9-6-5-7-10-11/h3-10H,1,14H2,2H3/b12-8-,13-4+. The third kappa shape index (κ3) is 2.36. The van der Waals surface area contributed by atoms with Crippen LogP contribution < -0.4 is 5.73 Å². The van der Waals surface area contributed by atoms with E-state index in [-0.39, 0.29) is 0 Å². The van der Waals surface area contributed by atoms with Crippen molar-refractivity contribution in [2.24, 2.45) is 5.73 Å². The monoisotopic (exact) mass is 185 g/mol. The third-order valence-corrected chi connectivity index (χ3v) is 1.99. The van der Waals surface area contributed by atoms with Crippen LogP contribution in [0, 0.1) is 0 Å². The van der Waals surface area contributed by atoms with Crippen LogP contribution in [0.4, 0.5) is 0 Å². The number of allylic oxidation sites excluding steroid dienone is 4. The number of hydrogen-bond acceptors (Lipinski definition) is 1. The van der Waals surface area contributed by atoms with E-state index >= 15 is 0 Å². The van der Waals surface area contributed by atoms with Crippen LogP contribution in [0.25, 0.3) is 5.57 Å². The second kappa shape index (κ2) is 5.07. The highest BCUT2D eigenvalue weighted by molar-refractivity contribution is 5.78. The van der Waals surface area contributed by atoms with Gasteiger partial charge in [-0.3, -0.25) is 0 Å². The Balaban J connectivity index is 3.14. The maximum absolute atomic E-state index is 5.88. The molecule has 0 saturated heterocycles. The van der Waals surface area contributed by atoms with Crippen molar-refractivity contribution in [2.75, 3.05) is 0 Å². The summed E-state index contributed by atoms with van der Waals surface area (Å²) in [4.78, 5) is 0. The maximum atomic E-state index is 5.88. The van der Waals surface area contributed by atoms with E-state index in [2.05, 4.69) is 6.58 Å². The summed E-state index contributed by atoms with van der Waals surface area (Å²) in [6.45, 7) is 5.61. The number of rotatable bonds is 3. The van der Waals surface area contributed by atoms with Crippen molar-refractivity contribution < 1.29 is 0 Å². The van der Waals surface area contributed by atoms with Crippen LogP contribution in [0.15, 0.2) is 60.8 Å². The fourth-order valence-corrected chi connectivity index (χ4v) is 1.25. The maximum Gasteiger partial charge on any atom is 0.0350 e. The molecular weight excluding hydrogens is 170 g/mol. The van der Waals surface area contributed by atoms with Crippen LogP contribution in [0.2, 0.25) is 0 Å². The highest BCUT2D eigenvalue weighted by Gasteiger charge is 2.01. The molecular formula is C13H15N. The Hall–Kier alpha value is -1.76. The van der Waals surface area contributed by atoms with Crippen molar-refractivity contribution in [3.63, 3.8) is 0 Å². The molecule has 0 bridgehead atoms. The Kier molecular flexibility index (Phi) is 3.74. The molecule has 2 N–H and O–H groups in total. The van der Waals surface area contributed by atoms with Crippen molar-refractivity contribution in [3.05, 3.63) is 66.4 Å². The smallest absolute Gasteiger partial charge is 0.0350 e. The quantitative estimate of drug-likeness (QED) is 0.719. The average Bonchev–Trinajstić information content (AvgIpc) is 2.26. The summed E-state index contributed by atoms with van der Waals surface area (Å²) in [6, 6.07) is 10.0. The summed E-state index contributed by atoms with van der Waals surface area (Å²) < 4.78 is 0. The molecule has 0 aromatic heterocycles. The summed E-state index contributed by atoms with van der Waals surface area (Å²) in [5, 5.41) is 0. The highest BCUT2D eigenvalue weighted by Crippen LogP contribution is 2.19. The lowest BCUT2D eigenvalue weighted by atomic mass is 10.0. The molecule has 0 amide bonds. The van der Waals surface area contributed by atoms with Gasteiger partial charge in [0, 0.05) is 11.3 Å². The molecule has 1 aromatic carbocycles. The Bertz CT molecular complexity index is 358. The molecule has 0 aliphatic rings. The molecule has 0 saturated carbocycles. The lowest BCUT2D eigenvalue weighted by Crippen LogP contribution is -1.99. The second-order valence-corrected chi connectivity index (χ2v) is 2.93. The molecule has 1 rings (SSSR count). The number of benzene rings is 1. The molecule has 1 nitrogen and oxygen atoms in total. The first-order chi connectivity index (χ1) is 6.79. The number of hydrogen-bond donors (Lipinski definition) is 1. The largest absolute Gasteiger partial charge is 0.398 e. The van der Waals surface area contributed by atoms with Gasteiger partial charge in [-0.1, -0.05) is 55.1 Å². The van der Waals surface area contributed by atoms with E-state index in [9.17, 15) is 0 Å². The Morgan fingerprint density at radius 1 is 1.29 bits per heavy atom. The highest BCUT2D eigenvalue weighted by atomic mass is 14.6. The van der Waals surface area contributed by atoms with Crippen LogP contribution in [-0.2, 0) is 0 Å². The molecule has 0 aliphatic heterocycles. The summed E-state index contributed by atoms with van der Waals surface area (Å²) in [7, 11) is 0. The summed E-state index contributed by atoms with van der Waals surface area (Å²) in [5.74, 6) is 0. The molecule has 1 aromatic rings. The van der Waals surface area contributed by atoms with Crippen molar-refractivity contribution in [1.82, 2.24) is 0 Å². The normalized spacial score (nSPS) is 12.6. The van der Waals surface area contributed by atoms with E-state index in [0.29, 0.717) is 0 Å². The average molecular weight is 185 g/mol. The van der Waals surface area contributed by atoms with Crippen LogP contribution >= 0.6 is 0 Å². The van der Waals surface area contributed by atoms with Gasteiger partial charge in [0.05, 0.1) is 0 Å². The molecule has 0 spiro atoms. The molecule has 0 heterocycles. The van der Waals surface area contributed by atoms with E-state index in [0.717, 1.165) is 16.8 Å². The predicted molar refractivity (Wildman–Crippen MR) is 62.6 cm³/mol. The second-order valence-electron chi connectivity index (χ2n) is 2.93. The predicted octanol–water partition coefficient (Wildman–Crippen LogP) is 3.12. The SMILES string of the molecule is C=C/C=C(\C(N)=C/C)c1ccccc1. The molecule has 0 radical (unpaired) electrons. The first-order valence-electron chi connectivity index (χ1n) is 4.60. The van der Waals surface area contributed by atoms with E-state index < -0.39 is 0 Å². The molecule has 0 unspecified atom stereocenters. The van der Waals surface area contributed by atoms with Gasteiger partial charge in [-0.2, -0.15) is 0 Å². The van der Waals surface area contributed by atoms with Crippen LogP contribution in [-0.4, -0.2) is 0 Å². The van der Waals surface area contributed by atoms with Gasteiger partial charge in [0.25, 0.3) is 0 Å². The van der Waals surface area contributed by atoms with Gasteiger partial charge in [0.1, 0.15) is 0 Å². The van der Waals surface area contributed by atoms with Crippen molar-refractivity contribution in [3.8, 4) is 0 Å². The van der Waals surface area contributed by atoms with Gasteiger partial charge in [0.15, 0.2) is 0 Å². The lowest BCUT2D eigenvalue weighted by molar-refractivity contribution is 1.39. The van der Waals surface area contributed by atoms with Gasteiger partial charge in [-0.25, -0.2) is 0 Å². The zero-order valence-electron chi connectivity index (χ0n) is 8.40. The van der Waals surface area contributed by atoms with Gasteiger partial charge in [0.2, 0.25) is 0 Å². The molecule has 0 fully saturated rings. The van der Waals surface area contributed by atoms with Crippen molar-refractivity contribution in [1.29, 1.82) is 0 Å². The number of nitrogens with two attached hydrogens (primary N) is 1. The first-order valence-corrected chi connectivity index (χ1v) is 4.60. The molecule has 72 valence electrons. The zero-order valence-corrected chi connectivity index (χ0v) is 8.40. The summed E-state index contributed by atoms with van der Waals surface area (Å²) >= 11 is 0. The van der Waals surface area contributed by atoms with Crippen LogP contribution in [0.5, 0.6) is 0 Å². The molecule has 0 atom stereocenters. The molecule has 14 heavy (non-hydrogen) atoms. The van der Waals surface area contributed by atoms with Crippen molar-refractivity contribution >= 4 is 5.57 Å². The van der Waals surface area contributed by atoms with Crippen LogP contribution in [0.1, 0.15) is 12.5 Å². The van der Waals surface area contributed by atoms with Gasteiger partial charge < -0.3 is 5.73 Å². The first kappa shape index (κ1) is 10.3.